The predicted octanol–water partition coefficient (Wildman–Crippen LogP) is 3.38. The first-order valence-corrected chi connectivity index (χ1v) is 6.73. The van der Waals surface area contributed by atoms with E-state index in [0.717, 1.165) is 10.6 Å². The van der Waals surface area contributed by atoms with Gasteiger partial charge in [0.1, 0.15) is 0 Å². The highest BCUT2D eigenvalue weighted by atomic mass is 32.1. The van der Waals surface area contributed by atoms with Gasteiger partial charge < -0.3 is 5.32 Å². The molecule has 0 aliphatic rings. The largest absolute Gasteiger partial charge is 0.331 e. The Balaban J connectivity index is 1.86. The number of anilines is 1. The van der Waals surface area contributed by atoms with Crippen LogP contribution in [0.5, 0.6) is 0 Å². The molecule has 1 aromatic heterocycles. The molecule has 0 spiro atoms. The van der Waals surface area contributed by atoms with Crippen molar-refractivity contribution in [1.29, 1.82) is 0 Å². The number of nitrogens with one attached hydrogen (secondary N) is 2. The Morgan fingerprint density at radius 1 is 1.33 bits per heavy atom. The zero-order chi connectivity index (χ0) is 12.8. The fourth-order valence-corrected chi connectivity index (χ4v) is 2.16. The van der Waals surface area contributed by atoms with Gasteiger partial charge in [0, 0.05) is 10.6 Å². The molecule has 5 heteroatoms. The SMILES string of the molecule is Cc1cccc(NC(=S)N/N=C/c2cccs2)c1. The third-order valence-electron chi connectivity index (χ3n) is 2.18. The molecule has 0 radical (unpaired) electrons. The second kappa shape index (κ2) is 6.28. The van der Waals surface area contributed by atoms with Crippen LogP contribution in [0.3, 0.4) is 0 Å². The number of aryl methyl sites for hydroxylation is 1. The maximum absolute atomic E-state index is 5.14. The van der Waals surface area contributed by atoms with E-state index in [1.54, 1.807) is 17.6 Å². The van der Waals surface area contributed by atoms with E-state index in [2.05, 4.69) is 15.8 Å². The van der Waals surface area contributed by atoms with Crippen LogP contribution in [-0.2, 0) is 0 Å². The maximum Gasteiger partial charge on any atom is 0.191 e. The number of benzene rings is 1. The smallest absolute Gasteiger partial charge is 0.191 e. The molecule has 0 bridgehead atoms. The van der Waals surface area contributed by atoms with Crippen LogP contribution in [0.1, 0.15) is 10.4 Å². The van der Waals surface area contributed by atoms with Crippen molar-refractivity contribution in [1.82, 2.24) is 5.43 Å². The van der Waals surface area contributed by atoms with Crippen molar-refractivity contribution in [2.24, 2.45) is 5.10 Å². The van der Waals surface area contributed by atoms with Gasteiger partial charge in [-0.3, -0.25) is 5.43 Å². The first-order chi connectivity index (χ1) is 8.74. The maximum atomic E-state index is 5.14. The van der Waals surface area contributed by atoms with Crippen LogP contribution in [0, 0.1) is 6.92 Å². The molecular formula is C13H13N3S2. The third kappa shape index (κ3) is 3.94. The van der Waals surface area contributed by atoms with Crippen LogP contribution in [0.25, 0.3) is 0 Å². The predicted molar refractivity (Wildman–Crippen MR) is 82.4 cm³/mol. The molecule has 18 heavy (non-hydrogen) atoms. The van der Waals surface area contributed by atoms with Crippen LogP contribution in [0.4, 0.5) is 5.69 Å². The molecule has 0 amide bonds. The van der Waals surface area contributed by atoms with Gasteiger partial charge in [-0.1, -0.05) is 18.2 Å². The van der Waals surface area contributed by atoms with Gasteiger partial charge in [-0.2, -0.15) is 5.10 Å². The lowest BCUT2D eigenvalue weighted by Gasteiger charge is -2.07. The first-order valence-electron chi connectivity index (χ1n) is 5.44. The van der Waals surface area contributed by atoms with Crippen LogP contribution in [0.2, 0.25) is 0 Å². The summed E-state index contributed by atoms with van der Waals surface area (Å²) in [4.78, 5) is 1.08. The standard InChI is InChI=1S/C13H13N3S2/c1-10-4-2-5-11(8-10)15-13(17)16-14-9-12-6-3-7-18-12/h2-9H,1H3,(H2,15,16,17)/b14-9+. The normalized spacial score (nSPS) is 10.5. The Bertz CT molecular complexity index is 547. The highest BCUT2D eigenvalue weighted by molar-refractivity contribution is 7.80. The van der Waals surface area contributed by atoms with Gasteiger partial charge in [0.05, 0.1) is 6.21 Å². The molecule has 0 aliphatic heterocycles. The number of thiophene rings is 1. The molecule has 0 atom stereocenters. The molecule has 2 aromatic rings. The van der Waals surface area contributed by atoms with Crippen LogP contribution >= 0.6 is 23.6 Å². The number of hydrazone groups is 1. The topological polar surface area (TPSA) is 36.4 Å². The number of hydrogen-bond acceptors (Lipinski definition) is 3. The molecule has 0 saturated heterocycles. The summed E-state index contributed by atoms with van der Waals surface area (Å²) in [6.45, 7) is 2.04. The summed E-state index contributed by atoms with van der Waals surface area (Å²) >= 11 is 6.77. The molecule has 0 saturated carbocycles. The van der Waals surface area contributed by atoms with E-state index in [0.29, 0.717) is 5.11 Å². The highest BCUT2D eigenvalue weighted by Gasteiger charge is 1.95. The minimum atomic E-state index is 0.480. The van der Waals surface area contributed by atoms with Crippen molar-refractivity contribution in [3.63, 3.8) is 0 Å². The van der Waals surface area contributed by atoms with Gasteiger partial charge in [0.15, 0.2) is 5.11 Å². The van der Waals surface area contributed by atoms with Gasteiger partial charge in [-0.05, 0) is 48.3 Å². The number of nitrogens with zero attached hydrogens (tertiary/aromatic N) is 1. The molecule has 0 fully saturated rings. The van der Waals surface area contributed by atoms with E-state index >= 15 is 0 Å². The fraction of sp³-hybridized carbons (Fsp3) is 0.0769. The minimum Gasteiger partial charge on any atom is -0.331 e. The van der Waals surface area contributed by atoms with Crippen molar-refractivity contribution in [3.8, 4) is 0 Å². The lowest BCUT2D eigenvalue weighted by atomic mass is 10.2. The fourth-order valence-electron chi connectivity index (χ4n) is 1.40. The number of thiocarbonyl (C=S) groups is 1. The molecule has 2 N–H and O–H groups in total. The first kappa shape index (κ1) is 12.7. The van der Waals surface area contributed by atoms with Gasteiger partial charge in [0.2, 0.25) is 0 Å². The Morgan fingerprint density at radius 3 is 2.94 bits per heavy atom. The van der Waals surface area contributed by atoms with Crippen molar-refractivity contribution in [3.05, 3.63) is 52.2 Å². The number of hydrogen-bond donors (Lipinski definition) is 2. The van der Waals surface area contributed by atoms with Gasteiger partial charge in [-0.15, -0.1) is 11.3 Å². The Labute approximate surface area is 116 Å². The van der Waals surface area contributed by atoms with Crippen LogP contribution in [0.15, 0.2) is 46.9 Å². The van der Waals surface area contributed by atoms with E-state index in [-0.39, 0.29) is 0 Å². The van der Waals surface area contributed by atoms with Crippen LogP contribution in [-0.4, -0.2) is 11.3 Å². The lowest BCUT2D eigenvalue weighted by Crippen LogP contribution is -2.23. The molecular weight excluding hydrogens is 262 g/mol. The summed E-state index contributed by atoms with van der Waals surface area (Å²) in [6.07, 6.45) is 1.74. The Hall–Kier alpha value is -1.72. The monoisotopic (exact) mass is 275 g/mol. The van der Waals surface area contributed by atoms with E-state index in [1.807, 2.05) is 48.7 Å². The van der Waals surface area contributed by atoms with Gasteiger partial charge in [0.25, 0.3) is 0 Å². The molecule has 2 rings (SSSR count). The highest BCUT2D eigenvalue weighted by Crippen LogP contribution is 2.09. The van der Waals surface area contributed by atoms with Crippen molar-refractivity contribution < 1.29 is 0 Å². The summed E-state index contributed by atoms with van der Waals surface area (Å²) in [6, 6.07) is 12.0. The summed E-state index contributed by atoms with van der Waals surface area (Å²) < 4.78 is 0. The minimum absolute atomic E-state index is 0.480. The van der Waals surface area contributed by atoms with Crippen LogP contribution < -0.4 is 10.7 Å². The Kier molecular flexibility index (Phi) is 4.44. The summed E-state index contributed by atoms with van der Waals surface area (Å²) in [5.41, 5.74) is 4.93. The van der Waals surface area contributed by atoms with E-state index < -0.39 is 0 Å². The van der Waals surface area contributed by atoms with Crippen molar-refractivity contribution >= 4 is 40.6 Å². The van der Waals surface area contributed by atoms with Gasteiger partial charge >= 0.3 is 0 Å². The van der Waals surface area contributed by atoms with Crippen molar-refractivity contribution in [2.75, 3.05) is 5.32 Å². The molecule has 1 aromatic carbocycles. The zero-order valence-corrected chi connectivity index (χ0v) is 11.5. The van der Waals surface area contributed by atoms with Gasteiger partial charge in [-0.25, -0.2) is 0 Å². The quantitative estimate of drug-likeness (QED) is 0.512. The second-order valence-electron chi connectivity index (χ2n) is 3.71. The molecule has 0 aliphatic carbocycles. The number of rotatable bonds is 3. The summed E-state index contributed by atoms with van der Waals surface area (Å²) in [5, 5.41) is 9.62. The molecule has 92 valence electrons. The van der Waals surface area contributed by atoms with E-state index in [4.69, 9.17) is 12.2 Å². The molecule has 0 unspecified atom stereocenters. The summed E-state index contributed by atoms with van der Waals surface area (Å²) in [5.74, 6) is 0. The Morgan fingerprint density at radius 2 is 2.22 bits per heavy atom. The van der Waals surface area contributed by atoms with E-state index in [1.165, 1.54) is 5.56 Å². The zero-order valence-electron chi connectivity index (χ0n) is 9.88. The average Bonchev–Trinajstić information content (AvgIpc) is 2.82. The molecule has 3 nitrogen and oxygen atoms in total. The lowest BCUT2D eigenvalue weighted by molar-refractivity contribution is 1.05. The average molecular weight is 275 g/mol. The third-order valence-corrected chi connectivity index (χ3v) is 3.18. The van der Waals surface area contributed by atoms with E-state index in [9.17, 15) is 0 Å². The molecule has 1 heterocycles. The summed E-state index contributed by atoms with van der Waals surface area (Å²) in [7, 11) is 0. The van der Waals surface area contributed by atoms with Crippen molar-refractivity contribution in [2.45, 2.75) is 6.92 Å². The second-order valence-corrected chi connectivity index (χ2v) is 5.10.